The number of piperidine rings is 1. The fraction of sp³-hybridized carbons (Fsp3) is 0.917. The third kappa shape index (κ3) is 3.28. The van der Waals surface area contributed by atoms with Crippen LogP contribution in [0.25, 0.3) is 0 Å². The molecule has 1 unspecified atom stereocenters. The maximum Gasteiger partial charge on any atom is 0.149 e. The average molecular weight is 212 g/mol. The average Bonchev–Trinajstić information content (AvgIpc) is 2.27. The molecule has 1 aliphatic rings. The van der Waals surface area contributed by atoms with Gasteiger partial charge in [0.25, 0.3) is 0 Å². The monoisotopic (exact) mass is 212 g/mol. The van der Waals surface area contributed by atoms with Crippen LogP contribution < -0.4 is 0 Å². The second-order valence-electron chi connectivity index (χ2n) is 4.73. The normalized spacial score (nSPS) is 21.9. The molecule has 3 nitrogen and oxygen atoms in total. The molecule has 0 amide bonds. The number of ketones is 1. The number of hydrogen-bond donors (Lipinski definition) is 0. The quantitative estimate of drug-likeness (QED) is 0.703. The first-order valence-electron chi connectivity index (χ1n) is 5.99. The molecule has 1 rings (SSSR count). The number of carbonyl (C=O) groups excluding carboxylic acids is 1. The zero-order valence-electron chi connectivity index (χ0n) is 10.5. The Morgan fingerprint density at radius 2 is 1.93 bits per heavy atom. The van der Waals surface area contributed by atoms with Crippen molar-refractivity contribution in [3.8, 4) is 0 Å². The van der Waals surface area contributed by atoms with E-state index in [1.165, 1.54) is 12.8 Å². The van der Waals surface area contributed by atoms with E-state index >= 15 is 0 Å². The van der Waals surface area contributed by atoms with E-state index in [0.29, 0.717) is 18.2 Å². The van der Waals surface area contributed by atoms with Crippen molar-refractivity contribution in [1.82, 2.24) is 9.80 Å². The van der Waals surface area contributed by atoms with Crippen molar-refractivity contribution in [3.05, 3.63) is 0 Å². The summed E-state index contributed by atoms with van der Waals surface area (Å²) < 4.78 is 0. The fourth-order valence-corrected chi connectivity index (χ4v) is 2.29. The minimum atomic E-state index is 0.123. The summed E-state index contributed by atoms with van der Waals surface area (Å²) in [5, 5.41) is 0. The smallest absolute Gasteiger partial charge is 0.149 e. The second-order valence-corrected chi connectivity index (χ2v) is 4.73. The fourth-order valence-electron chi connectivity index (χ4n) is 2.29. The standard InChI is InChI=1S/C12H24N2O/c1-5-12(15)10(2)14-8-6-11(7-9-14)13(3)4/h10-11H,5-9H2,1-4H3. The van der Waals surface area contributed by atoms with Gasteiger partial charge in [0.1, 0.15) is 5.78 Å². The van der Waals surface area contributed by atoms with Crippen LogP contribution in [-0.2, 0) is 4.79 Å². The highest BCUT2D eigenvalue weighted by atomic mass is 16.1. The van der Waals surface area contributed by atoms with Gasteiger partial charge in [-0.1, -0.05) is 6.92 Å². The summed E-state index contributed by atoms with van der Waals surface area (Å²) in [6.07, 6.45) is 3.04. The lowest BCUT2D eigenvalue weighted by atomic mass is 10.0. The summed E-state index contributed by atoms with van der Waals surface area (Å²) in [7, 11) is 4.28. The van der Waals surface area contributed by atoms with Gasteiger partial charge in [-0.3, -0.25) is 9.69 Å². The first-order chi connectivity index (χ1) is 7.06. The Morgan fingerprint density at radius 1 is 1.40 bits per heavy atom. The molecule has 0 aromatic rings. The third-order valence-electron chi connectivity index (χ3n) is 3.59. The highest BCUT2D eigenvalue weighted by molar-refractivity contribution is 5.83. The predicted octanol–water partition coefficient (Wildman–Crippen LogP) is 1.38. The van der Waals surface area contributed by atoms with E-state index in [1.807, 2.05) is 13.8 Å². The highest BCUT2D eigenvalue weighted by Gasteiger charge is 2.26. The van der Waals surface area contributed by atoms with Crippen LogP contribution >= 0.6 is 0 Å². The van der Waals surface area contributed by atoms with Crippen molar-refractivity contribution in [2.24, 2.45) is 0 Å². The van der Waals surface area contributed by atoms with Gasteiger partial charge in [0.05, 0.1) is 6.04 Å². The maximum atomic E-state index is 11.6. The molecular formula is C12H24N2O. The van der Waals surface area contributed by atoms with E-state index < -0.39 is 0 Å². The molecule has 0 aliphatic carbocycles. The van der Waals surface area contributed by atoms with E-state index in [0.717, 1.165) is 13.1 Å². The largest absolute Gasteiger partial charge is 0.306 e. The van der Waals surface area contributed by atoms with E-state index in [1.54, 1.807) is 0 Å². The lowest BCUT2D eigenvalue weighted by molar-refractivity contribution is -0.124. The molecule has 0 aromatic carbocycles. The molecule has 1 fully saturated rings. The molecule has 1 heterocycles. The van der Waals surface area contributed by atoms with Crippen molar-refractivity contribution < 1.29 is 4.79 Å². The van der Waals surface area contributed by atoms with Crippen LogP contribution in [0.2, 0.25) is 0 Å². The van der Waals surface area contributed by atoms with Crippen molar-refractivity contribution in [3.63, 3.8) is 0 Å². The van der Waals surface area contributed by atoms with Gasteiger partial charge in [-0.05, 0) is 33.9 Å². The molecule has 1 aliphatic heterocycles. The Hall–Kier alpha value is -0.410. The molecule has 15 heavy (non-hydrogen) atoms. The van der Waals surface area contributed by atoms with Crippen LogP contribution in [0.15, 0.2) is 0 Å². The first-order valence-corrected chi connectivity index (χ1v) is 5.99. The number of Topliss-reactive ketones (excluding diaryl/α,β-unsaturated/α-hetero) is 1. The number of carbonyl (C=O) groups is 1. The van der Waals surface area contributed by atoms with Crippen LogP contribution in [0, 0.1) is 0 Å². The first kappa shape index (κ1) is 12.7. The van der Waals surface area contributed by atoms with Gasteiger partial charge in [-0.25, -0.2) is 0 Å². The lowest BCUT2D eigenvalue weighted by Crippen LogP contribution is -2.47. The molecule has 0 aromatic heterocycles. The molecule has 0 bridgehead atoms. The van der Waals surface area contributed by atoms with Crippen LogP contribution in [0.4, 0.5) is 0 Å². The summed E-state index contributed by atoms with van der Waals surface area (Å²) >= 11 is 0. The number of likely N-dealkylation sites (tertiary alicyclic amines) is 1. The lowest BCUT2D eigenvalue weighted by Gasteiger charge is -2.37. The van der Waals surface area contributed by atoms with E-state index in [4.69, 9.17) is 0 Å². The summed E-state index contributed by atoms with van der Waals surface area (Å²) in [6.45, 7) is 6.12. The van der Waals surface area contributed by atoms with Gasteiger partial charge in [-0.15, -0.1) is 0 Å². The van der Waals surface area contributed by atoms with Gasteiger partial charge in [0, 0.05) is 25.6 Å². The molecule has 0 radical (unpaired) electrons. The SMILES string of the molecule is CCC(=O)C(C)N1CCC(N(C)C)CC1. The van der Waals surface area contributed by atoms with Crippen molar-refractivity contribution in [2.75, 3.05) is 27.2 Å². The van der Waals surface area contributed by atoms with Crippen LogP contribution in [0.5, 0.6) is 0 Å². The summed E-state index contributed by atoms with van der Waals surface area (Å²) in [6, 6.07) is 0.822. The minimum Gasteiger partial charge on any atom is -0.306 e. The van der Waals surface area contributed by atoms with Crippen LogP contribution in [0.1, 0.15) is 33.1 Å². The zero-order chi connectivity index (χ0) is 11.4. The topological polar surface area (TPSA) is 23.6 Å². The Balaban J connectivity index is 2.40. The van der Waals surface area contributed by atoms with Crippen LogP contribution in [-0.4, -0.2) is 54.9 Å². The maximum absolute atomic E-state index is 11.6. The molecule has 1 atom stereocenters. The van der Waals surface area contributed by atoms with Gasteiger partial charge in [0.2, 0.25) is 0 Å². The van der Waals surface area contributed by atoms with E-state index in [-0.39, 0.29) is 6.04 Å². The number of rotatable bonds is 4. The van der Waals surface area contributed by atoms with Gasteiger partial charge in [-0.2, -0.15) is 0 Å². The molecular weight excluding hydrogens is 188 g/mol. The molecule has 3 heteroatoms. The van der Waals surface area contributed by atoms with Crippen molar-refractivity contribution >= 4 is 5.78 Å². The van der Waals surface area contributed by atoms with Gasteiger partial charge in [0.15, 0.2) is 0 Å². The van der Waals surface area contributed by atoms with E-state index in [2.05, 4.69) is 23.9 Å². The Kier molecular flexibility index (Phi) is 4.74. The van der Waals surface area contributed by atoms with Crippen molar-refractivity contribution in [2.45, 2.75) is 45.2 Å². The van der Waals surface area contributed by atoms with E-state index in [9.17, 15) is 4.79 Å². The molecule has 0 spiro atoms. The predicted molar refractivity (Wildman–Crippen MR) is 63.0 cm³/mol. The Morgan fingerprint density at radius 3 is 2.33 bits per heavy atom. The van der Waals surface area contributed by atoms with Crippen LogP contribution in [0.3, 0.4) is 0 Å². The number of hydrogen-bond acceptors (Lipinski definition) is 3. The zero-order valence-corrected chi connectivity index (χ0v) is 10.5. The Bertz CT molecular complexity index is 208. The Labute approximate surface area is 93.4 Å². The third-order valence-corrected chi connectivity index (χ3v) is 3.59. The molecule has 0 N–H and O–H groups in total. The number of nitrogens with zero attached hydrogens (tertiary/aromatic N) is 2. The van der Waals surface area contributed by atoms with Crippen molar-refractivity contribution in [1.29, 1.82) is 0 Å². The molecule has 0 saturated carbocycles. The summed E-state index contributed by atoms with van der Waals surface area (Å²) in [4.78, 5) is 16.2. The molecule has 88 valence electrons. The van der Waals surface area contributed by atoms with Gasteiger partial charge < -0.3 is 4.90 Å². The van der Waals surface area contributed by atoms with Gasteiger partial charge >= 0.3 is 0 Å². The minimum absolute atomic E-state index is 0.123. The highest BCUT2D eigenvalue weighted by Crippen LogP contribution is 2.17. The summed E-state index contributed by atoms with van der Waals surface area (Å²) in [5.41, 5.74) is 0. The second kappa shape index (κ2) is 5.61. The molecule has 1 saturated heterocycles. The summed E-state index contributed by atoms with van der Waals surface area (Å²) in [5.74, 6) is 0.373.